The van der Waals surface area contributed by atoms with Gasteiger partial charge in [-0.3, -0.25) is 4.79 Å². The van der Waals surface area contributed by atoms with Gasteiger partial charge in [-0.2, -0.15) is 10.4 Å². The fourth-order valence-electron chi connectivity index (χ4n) is 3.40. The van der Waals surface area contributed by atoms with Gasteiger partial charge in [0.1, 0.15) is 5.69 Å². The highest BCUT2D eigenvalue weighted by Crippen LogP contribution is 2.26. The summed E-state index contributed by atoms with van der Waals surface area (Å²) in [4.78, 5) is 28.4. The highest BCUT2D eigenvalue weighted by molar-refractivity contribution is 7.13. The summed E-state index contributed by atoms with van der Waals surface area (Å²) in [6, 6.07) is 24.2. The molecule has 2 aromatic carbocycles. The summed E-state index contributed by atoms with van der Waals surface area (Å²) in [7, 11) is 0. The lowest BCUT2D eigenvalue weighted by Crippen LogP contribution is -2.35. The molecule has 0 aliphatic carbocycles. The quantitative estimate of drug-likeness (QED) is 0.338. The second kappa shape index (κ2) is 10.6. The molecule has 8 heteroatoms. The van der Waals surface area contributed by atoms with Crippen LogP contribution in [0.4, 0.5) is 5.69 Å². The number of rotatable bonds is 8. The number of ether oxygens (including phenoxy) is 1. The van der Waals surface area contributed by atoms with E-state index in [0.29, 0.717) is 17.1 Å². The predicted molar refractivity (Wildman–Crippen MR) is 131 cm³/mol. The second-order valence-corrected chi connectivity index (χ2v) is 8.45. The van der Waals surface area contributed by atoms with Crippen LogP contribution < -0.4 is 4.90 Å². The van der Waals surface area contributed by atoms with Gasteiger partial charge in [0, 0.05) is 18.3 Å². The average molecular weight is 471 g/mol. The Morgan fingerprint density at radius 2 is 1.85 bits per heavy atom. The number of nitrogens with zero attached hydrogens (tertiary/aromatic N) is 4. The maximum atomic E-state index is 13.0. The van der Waals surface area contributed by atoms with Gasteiger partial charge in [0.25, 0.3) is 5.91 Å². The number of carbonyl (C=O) groups is 2. The van der Waals surface area contributed by atoms with Crippen molar-refractivity contribution in [3.8, 4) is 22.3 Å². The fraction of sp³-hybridized carbons (Fsp3) is 0.154. The van der Waals surface area contributed by atoms with Crippen LogP contribution in [-0.4, -0.2) is 34.8 Å². The molecule has 0 radical (unpaired) electrons. The average Bonchev–Trinajstić information content (AvgIpc) is 3.55. The number of esters is 1. The van der Waals surface area contributed by atoms with Gasteiger partial charge in [0.05, 0.1) is 23.1 Å². The SMILES string of the molecule is Cc1ccc(N(CCC#N)C(=O)COC(=O)c2cc(-c3cccs3)nn2-c2ccccc2)cc1. The van der Waals surface area contributed by atoms with E-state index in [0.717, 1.165) is 10.4 Å². The number of para-hydroxylation sites is 1. The van der Waals surface area contributed by atoms with Crippen LogP contribution in [0, 0.1) is 18.3 Å². The highest BCUT2D eigenvalue weighted by Gasteiger charge is 2.22. The van der Waals surface area contributed by atoms with Crippen molar-refractivity contribution in [1.29, 1.82) is 5.26 Å². The summed E-state index contributed by atoms with van der Waals surface area (Å²) in [6.45, 7) is 1.71. The van der Waals surface area contributed by atoms with Crippen molar-refractivity contribution in [1.82, 2.24) is 9.78 Å². The maximum Gasteiger partial charge on any atom is 0.357 e. The van der Waals surface area contributed by atoms with E-state index in [4.69, 9.17) is 10.00 Å². The van der Waals surface area contributed by atoms with E-state index in [1.54, 1.807) is 6.07 Å². The smallest absolute Gasteiger partial charge is 0.357 e. The largest absolute Gasteiger partial charge is 0.451 e. The Labute approximate surface area is 201 Å². The van der Waals surface area contributed by atoms with Crippen LogP contribution in [0.2, 0.25) is 0 Å². The molecule has 2 heterocycles. The van der Waals surface area contributed by atoms with Gasteiger partial charge in [-0.1, -0.05) is 42.0 Å². The van der Waals surface area contributed by atoms with E-state index in [2.05, 4.69) is 11.2 Å². The van der Waals surface area contributed by atoms with Crippen LogP contribution in [0.25, 0.3) is 16.3 Å². The Kier molecular flexibility index (Phi) is 7.16. The molecule has 0 spiro atoms. The normalized spacial score (nSPS) is 10.5. The Morgan fingerprint density at radius 3 is 2.53 bits per heavy atom. The third kappa shape index (κ3) is 5.22. The van der Waals surface area contributed by atoms with Gasteiger partial charge in [-0.15, -0.1) is 11.3 Å². The van der Waals surface area contributed by atoms with E-state index in [9.17, 15) is 9.59 Å². The van der Waals surface area contributed by atoms with E-state index < -0.39 is 18.5 Å². The zero-order valence-corrected chi connectivity index (χ0v) is 19.4. The van der Waals surface area contributed by atoms with Gasteiger partial charge in [0.15, 0.2) is 12.3 Å². The van der Waals surface area contributed by atoms with Crippen molar-refractivity contribution >= 4 is 28.9 Å². The number of carbonyl (C=O) groups excluding carboxylic acids is 2. The number of thiophene rings is 1. The molecule has 0 bridgehead atoms. The first-order chi connectivity index (χ1) is 16.6. The molecule has 0 saturated heterocycles. The van der Waals surface area contributed by atoms with Crippen LogP contribution in [-0.2, 0) is 9.53 Å². The van der Waals surface area contributed by atoms with Crippen molar-refractivity contribution < 1.29 is 14.3 Å². The fourth-order valence-corrected chi connectivity index (χ4v) is 4.08. The predicted octanol–water partition coefficient (Wildman–Crippen LogP) is 5.01. The number of nitriles is 1. The van der Waals surface area contributed by atoms with Crippen molar-refractivity contribution in [3.63, 3.8) is 0 Å². The Morgan fingerprint density at radius 1 is 1.09 bits per heavy atom. The monoisotopic (exact) mass is 470 g/mol. The zero-order chi connectivity index (χ0) is 23.9. The lowest BCUT2D eigenvalue weighted by Gasteiger charge is -2.21. The molecule has 170 valence electrons. The van der Waals surface area contributed by atoms with Crippen LogP contribution in [0.15, 0.2) is 78.2 Å². The molecule has 7 nitrogen and oxygen atoms in total. The molecule has 0 aliphatic rings. The highest BCUT2D eigenvalue weighted by atomic mass is 32.1. The molecule has 0 atom stereocenters. The minimum atomic E-state index is -0.656. The molecule has 4 aromatic rings. The molecule has 0 aliphatic heterocycles. The summed E-state index contributed by atoms with van der Waals surface area (Å²) in [5.41, 5.74) is 3.28. The van der Waals surface area contributed by atoms with Crippen LogP contribution >= 0.6 is 11.3 Å². The molecule has 0 unspecified atom stereocenters. The summed E-state index contributed by atoms with van der Waals surface area (Å²) in [5, 5.41) is 15.5. The van der Waals surface area contributed by atoms with E-state index in [1.165, 1.54) is 20.9 Å². The molecule has 2 aromatic heterocycles. The Balaban J connectivity index is 1.55. The number of benzene rings is 2. The Bertz CT molecular complexity index is 1310. The first kappa shape index (κ1) is 23.0. The minimum Gasteiger partial charge on any atom is -0.451 e. The molecule has 0 saturated carbocycles. The first-order valence-corrected chi connectivity index (χ1v) is 11.6. The standard InChI is InChI=1S/C26H22N4O3S/c1-19-10-12-20(13-11-19)29(15-6-14-27)25(31)18-33-26(32)23-17-22(24-9-5-16-34-24)28-30(23)21-7-3-2-4-8-21/h2-5,7-13,16-17H,6,15,18H2,1H3. The number of amides is 1. The number of hydrogen-bond acceptors (Lipinski definition) is 6. The van der Waals surface area contributed by atoms with Gasteiger partial charge < -0.3 is 9.64 Å². The number of anilines is 1. The van der Waals surface area contributed by atoms with Crippen LogP contribution in [0.1, 0.15) is 22.5 Å². The molecular formula is C26H22N4O3S. The molecular weight excluding hydrogens is 448 g/mol. The van der Waals surface area contributed by atoms with Gasteiger partial charge in [0.2, 0.25) is 0 Å². The zero-order valence-electron chi connectivity index (χ0n) is 18.5. The van der Waals surface area contributed by atoms with Crippen molar-refractivity contribution in [3.05, 3.63) is 89.4 Å². The molecule has 0 fully saturated rings. The topological polar surface area (TPSA) is 88.2 Å². The van der Waals surface area contributed by atoms with Gasteiger partial charge in [-0.25, -0.2) is 9.48 Å². The van der Waals surface area contributed by atoms with E-state index >= 15 is 0 Å². The third-order valence-electron chi connectivity index (χ3n) is 5.11. The number of aryl methyl sites for hydroxylation is 1. The molecule has 34 heavy (non-hydrogen) atoms. The summed E-state index contributed by atoms with van der Waals surface area (Å²) in [5.74, 6) is -1.06. The number of hydrogen-bond donors (Lipinski definition) is 0. The lowest BCUT2D eigenvalue weighted by atomic mass is 10.2. The van der Waals surface area contributed by atoms with Crippen molar-refractivity contribution in [2.75, 3.05) is 18.1 Å². The van der Waals surface area contributed by atoms with Crippen molar-refractivity contribution in [2.45, 2.75) is 13.3 Å². The maximum absolute atomic E-state index is 13.0. The van der Waals surface area contributed by atoms with Gasteiger partial charge in [-0.05, 0) is 42.6 Å². The second-order valence-electron chi connectivity index (χ2n) is 7.50. The first-order valence-electron chi connectivity index (χ1n) is 10.7. The lowest BCUT2D eigenvalue weighted by molar-refractivity contribution is -0.121. The molecule has 0 N–H and O–H groups in total. The Hall–Kier alpha value is -4.22. The molecule has 4 rings (SSSR count). The summed E-state index contributed by atoms with van der Waals surface area (Å²) >= 11 is 1.52. The van der Waals surface area contributed by atoms with Crippen molar-refractivity contribution in [2.24, 2.45) is 0 Å². The molecule has 1 amide bonds. The van der Waals surface area contributed by atoms with Crippen LogP contribution in [0.5, 0.6) is 0 Å². The van der Waals surface area contributed by atoms with Gasteiger partial charge >= 0.3 is 5.97 Å². The van der Waals surface area contributed by atoms with E-state index in [1.807, 2.05) is 79.0 Å². The minimum absolute atomic E-state index is 0.165. The summed E-state index contributed by atoms with van der Waals surface area (Å²) in [6.07, 6.45) is 0.165. The van der Waals surface area contributed by atoms with Crippen LogP contribution in [0.3, 0.4) is 0 Å². The third-order valence-corrected chi connectivity index (χ3v) is 6.01. The van der Waals surface area contributed by atoms with E-state index in [-0.39, 0.29) is 18.7 Å². The summed E-state index contributed by atoms with van der Waals surface area (Å²) < 4.78 is 6.94. The number of aromatic nitrogens is 2.